The van der Waals surface area contributed by atoms with Gasteiger partial charge in [0.25, 0.3) is 5.91 Å². The maximum atomic E-state index is 13.6. The summed E-state index contributed by atoms with van der Waals surface area (Å²) in [6.07, 6.45) is -4.03. The Morgan fingerprint density at radius 1 is 1.10 bits per heavy atom. The van der Waals surface area contributed by atoms with Crippen molar-refractivity contribution in [3.63, 3.8) is 0 Å². The second kappa shape index (κ2) is 8.20. The van der Waals surface area contributed by atoms with E-state index >= 15 is 0 Å². The summed E-state index contributed by atoms with van der Waals surface area (Å²) in [5.41, 5.74) is -1.63. The summed E-state index contributed by atoms with van der Waals surface area (Å²) in [4.78, 5) is 12.3. The van der Waals surface area contributed by atoms with Crippen LogP contribution in [0, 0.1) is 11.6 Å². The van der Waals surface area contributed by atoms with Crippen molar-refractivity contribution in [2.75, 3.05) is 6.54 Å². The van der Waals surface area contributed by atoms with Gasteiger partial charge in [-0.05, 0) is 42.3 Å². The molecule has 0 atom stereocenters. The first-order valence-electron chi connectivity index (χ1n) is 8.29. The molecule has 0 aliphatic carbocycles. The van der Waals surface area contributed by atoms with E-state index in [1.165, 1.54) is 24.3 Å². The maximum absolute atomic E-state index is 13.6. The zero-order valence-electron chi connectivity index (χ0n) is 14.6. The van der Waals surface area contributed by atoms with Gasteiger partial charge in [-0.2, -0.15) is 18.3 Å². The van der Waals surface area contributed by atoms with Gasteiger partial charge in [-0.15, -0.1) is 0 Å². The third kappa shape index (κ3) is 4.92. The monoisotopic (exact) mass is 429 g/mol. The van der Waals surface area contributed by atoms with Gasteiger partial charge in [0, 0.05) is 17.6 Å². The number of alkyl halides is 3. The SMILES string of the molecule is O=C(NCCc1cc(F)cc(F)c1)c1cnn(-c2cccc(Cl)c2)c1C(F)(F)F. The molecule has 0 unspecified atom stereocenters. The summed E-state index contributed by atoms with van der Waals surface area (Å²) in [6.45, 7) is -0.124. The van der Waals surface area contributed by atoms with E-state index in [2.05, 4.69) is 10.4 Å². The highest BCUT2D eigenvalue weighted by Gasteiger charge is 2.40. The second-order valence-electron chi connectivity index (χ2n) is 6.08. The van der Waals surface area contributed by atoms with Crippen molar-refractivity contribution in [1.29, 1.82) is 0 Å². The van der Waals surface area contributed by atoms with Crippen molar-refractivity contribution >= 4 is 17.5 Å². The fourth-order valence-corrected chi connectivity index (χ4v) is 2.95. The van der Waals surface area contributed by atoms with Gasteiger partial charge in [-0.3, -0.25) is 4.79 Å². The molecule has 0 saturated carbocycles. The number of aromatic nitrogens is 2. The van der Waals surface area contributed by atoms with Gasteiger partial charge in [0.1, 0.15) is 11.6 Å². The molecule has 0 spiro atoms. The molecule has 1 amide bonds. The molecule has 0 aliphatic heterocycles. The number of carbonyl (C=O) groups excluding carboxylic acids is 1. The average Bonchev–Trinajstić information content (AvgIpc) is 3.06. The Bertz CT molecular complexity index is 1030. The van der Waals surface area contributed by atoms with Crippen LogP contribution in [0.5, 0.6) is 0 Å². The lowest BCUT2D eigenvalue weighted by atomic mass is 10.1. The van der Waals surface area contributed by atoms with Crippen LogP contribution in [0.15, 0.2) is 48.7 Å². The smallest absolute Gasteiger partial charge is 0.352 e. The van der Waals surface area contributed by atoms with Gasteiger partial charge in [0.05, 0.1) is 17.4 Å². The van der Waals surface area contributed by atoms with Crippen LogP contribution < -0.4 is 5.32 Å². The number of hydrogen-bond donors (Lipinski definition) is 1. The standard InChI is InChI=1S/C19H13ClF5N3O/c20-12-2-1-3-15(8-12)28-17(19(23,24)25)16(10-27-28)18(29)26-5-4-11-6-13(21)9-14(22)7-11/h1-3,6-10H,4-5H2,(H,26,29). The molecule has 10 heteroatoms. The lowest BCUT2D eigenvalue weighted by molar-refractivity contribution is -0.143. The molecule has 3 aromatic rings. The topological polar surface area (TPSA) is 46.9 Å². The fraction of sp³-hybridized carbons (Fsp3) is 0.158. The summed E-state index contributed by atoms with van der Waals surface area (Å²) in [5.74, 6) is -2.58. The van der Waals surface area contributed by atoms with Crippen molar-refractivity contribution < 1.29 is 26.7 Å². The Balaban J connectivity index is 1.81. The van der Waals surface area contributed by atoms with E-state index in [0.29, 0.717) is 10.7 Å². The molecule has 152 valence electrons. The molecule has 0 radical (unpaired) electrons. The number of nitrogens with one attached hydrogen (secondary N) is 1. The molecule has 3 rings (SSSR count). The molecule has 0 bridgehead atoms. The fourth-order valence-electron chi connectivity index (χ4n) is 2.76. The Kier molecular flexibility index (Phi) is 5.88. The predicted molar refractivity (Wildman–Crippen MR) is 96.0 cm³/mol. The Morgan fingerprint density at radius 3 is 2.41 bits per heavy atom. The summed E-state index contributed by atoms with van der Waals surface area (Å²) in [5, 5.41) is 6.20. The molecule has 0 fully saturated rings. The number of halogens is 6. The minimum absolute atomic E-state index is 0.0319. The van der Waals surface area contributed by atoms with Crippen LogP contribution in [0.2, 0.25) is 5.02 Å². The molecule has 1 N–H and O–H groups in total. The van der Waals surface area contributed by atoms with E-state index in [0.717, 1.165) is 18.3 Å². The van der Waals surface area contributed by atoms with Crippen molar-refractivity contribution in [2.24, 2.45) is 0 Å². The molecule has 0 saturated heterocycles. The second-order valence-corrected chi connectivity index (χ2v) is 6.52. The zero-order valence-corrected chi connectivity index (χ0v) is 15.4. The maximum Gasteiger partial charge on any atom is 0.434 e. The van der Waals surface area contributed by atoms with Gasteiger partial charge in [0.15, 0.2) is 5.69 Å². The number of benzene rings is 2. The van der Waals surface area contributed by atoms with Crippen molar-refractivity contribution in [1.82, 2.24) is 15.1 Å². The Labute approximate surface area is 166 Å². The van der Waals surface area contributed by atoms with Crippen LogP contribution in [0.4, 0.5) is 22.0 Å². The van der Waals surface area contributed by atoms with Crippen LogP contribution in [-0.2, 0) is 12.6 Å². The minimum atomic E-state index is -4.86. The Hall–Kier alpha value is -2.94. The van der Waals surface area contributed by atoms with Crippen LogP contribution in [-0.4, -0.2) is 22.2 Å². The van der Waals surface area contributed by atoms with E-state index < -0.39 is 35.0 Å². The Morgan fingerprint density at radius 2 is 1.79 bits per heavy atom. The normalized spacial score (nSPS) is 11.5. The molecule has 2 aromatic carbocycles. The number of rotatable bonds is 5. The largest absolute Gasteiger partial charge is 0.434 e. The molecule has 4 nitrogen and oxygen atoms in total. The highest BCUT2D eigenvalue weighted by Crippen LogP contribution is 2.34. The summed E-state index contributed by atoms with van der Waals surface area (Å²) < 4.78 is 67.8. The van der Waals surface area contributed by atoms with Crippen LogP contribution in [0.3, 0.4) is 0 Å². The number of carbonyl (C=O) groups is 1. The number of amides is 1. The zero-order chi connectivity index (χ0) is 21.2. The van der Waals surface area contributed by atoms with Gasteiger partial charge in [-0.1, -0.05) is 17.7 Å². The highest BCUT2D eigenvalue weighted by atomic mass is 35.5. The quantitative estimate of drug-likeness (QED) is 0.592. The summed E-state index contributed by atoms with van der Waals surface area (Å²) in [7, 11) is 0. The van der Waals surface area contributed by atoms with E-state index in [1.807, 2.05) is 0 Å². The third-order valence-electron chi connectivity index (χ3n) is 3.96. The molecule has 0 aliphatic rings. The van der Waals surface area contributed by atoms with Crippen molar-refractivity contribution in [2.45, 2.75) is 12.6 Å². The van der Waals surface area contributed by atoms with Crippen molar-refractivity contribution in [3.8, 4) is 5.69 Å². The summed E-state index contributed by atoms with van der Waals surface area (Å²) in [6, 6.07) is 8.45. The van der Waals surface area contributed by atoms with Crippen LogP contribution in [0.1, 0.15) is 21.6 Å². The van der Waals surface area contributed by atoms with Crippen LogP contribution >= 0.6 is 11.6 Å². The molecular formula is C19H13ClF5N3O. The number of hydrogen-bond acceptors (Lipinski definition) is 2. The van der Waals surface area contributed by atoms with Gasteiger partial charge in [-0.25, -0.2) is 13.5 Å². The molecule has 1 heterocycles. The molecular weight excluding hydrogens is 417 g/mol. The average molecular weight is 430 g/mol. The number of nitrogens with zero attached hydrogens (tertiary/aromatic N) is 2. The van der Waals surface area contributed by atoms with Crippen LogP contribution in [0.25, 0.3) is 5.69 Å². The lowest BCUT2D eigenvalue weighted by Crippen LogP contribution is -2.28. The van der Waals surface area contributed by atoms with E-state index in [4.69, 9.17) is 11.6 Å². The van der Waals surface area contributed by atoms with Gasteiger partial charge in [0.2, 0.25) is 0 Å². The first kappa shape index (κ1) is 20.8. The van der Waals surface area contributed by atoms with E-state index in [1.54, 1.807) is 0 Å². The summed E-state index contributed by atoms with van der Waals surface area (Å²) >= 11 is 5.82. The first-order valence-corrected chi connectivity index (χ1v) is 8.67. The lowest BCUT2D eigenvalue weighted by Gasteiger charge is -2.13. The van der Waals surface area contributed by atoms with E-state index in [9.17, 15) is 26.7 Å². The van der Waals surface area contributed by atoms with Crippen molar-refractivity contribution in [3.05, 3.63) is 82.1 Å². The highest BCUT2D eigenvalue weighted by molar-refractivity contribution is 6.30. The predicted octanol–water partition coefficient (Wildman–Crippen LogP) is 4.80. The molecule has 1 aromatic heterocycles. The minimum Gasteiger partial charge on any atom is -0.352 e. The third-order valence-corrected chi connectivity index (χ3v) is 4.19. The van der Waals surface area contributed by atoms with E-state index in [-0.39, 0.29) is 29.2 Å². The van der Waals surface area contributed by atoms with Gasteiger partial charge >= 0.3 is 6.18 Å². The molecule has 29 heavy (non-hydrogen) atoms. The first-order chi connectivity index (χ1) is 13.6. The van der Waals surface area contributed by atoms with Gasteiger partial charge < -0.3 is 5.32 Å².